The number of alkyl halides is 6. The minimum Gasteiger partial charge on any atom is -0.469 e. The summed E-state index contributed by atoms with van der Waals surface area (Å²) in [4.78, 5) is 44.2. The zero-order valence-electron chi connectivity index (χ0n) is 22.8. The summed E-state index contributed by atoms with van der Waals surface area (Å²) in [5.74, 6) is -1.90. The minimum atomic E-state index is -6.07. The first-order chi connectivity index (χ1) is 18.8. The Morgan fingerprint density at radius 3 is 2.24 bits per heavy atom. The molecular formula is C26H29F6N3O5S. The molecule has 2 N–H and O–H groups in total. The van der Waals surface area contributed by atoms with Crippen molar-refractivity contribution in [3.8, 4) is 10.4 Å². The lowest BCUT2D eigenvalue weighted by molar-refractivity contribution is -0.376. The number of carbonyl (C=O) groups excluding carboxylic acids is 3. The highest BCUT2D eigenvalue weighted by molar-refractivity contribution is 7.17. The van der Waals surface area contributed by atoms with Gasteiger partial charge in [0.1, 0.15) is 5.69 Å². The Balaban J connectivity index is 2.09. The third-order valence-corrected chi connectivity index (χ3v) is 8.06. The standard InChI is InChI=1S/C26H29F6N3O5S/c1-13-11-15(24(39,25(27,28)29)26(30,31)32)8-9-16(13)18-17(21(37)35-10-6-7-14(35)2)34-20(41-18)19(36)33-12-23(3,4)22(38)40-5/h8-9,11,14,39H,6-7,10,12H2,1-5H3,(H,33,36)/t14-/m0/s1. The second kappa shape index (κ2) is 11.2. The van der Waals surface area contributed by atoms with Crippen molar-refractivity contribution in [2.24, 2.45) is 5.41 Å². The first-order valence-corrected chi connectivity index (χ1v) is 13.2. The number of amides is 2. The number of esters is 1. The van der Waals surface area contributed by atoms with Crippen molar-refractivity contribution in [2.75, 3.05) is 20.2 Å². The number of nitrogens with one attached hydrogen (secondary N) is 1. The molecule has 8 nitrogen and oxygen atoms in total. The maximum absolute atomic E-state index is 13.5. The average molecular weight is 610 g/mol. The quantitative estimate of drug-likeness (QED) is 0.339. The van der Waals surface area contributed by atoms with Crippen LogP contribution in [0.1, 0.15) is 65.0 Å². The number of methoxy groups -OCH3 is 1. The molecule has 0 saturated carbocycles. The number of likely N-dealkylation sites (tertiary alicyclic amines) is 1. The summed E-state index contributed by atoms with van der Waals surface area (Å²) >= 11 is 0.719. The molecule has 1 aliphatic rings. The number of carbonyl (C=O) groups is 3. The molecule has 1 aliphatic heterocycles. The molecule has 1 saturated heterocycles. The highest BCUT2D eigenvalue weighted by Gasteiger charge is 2.71. The number of ether oxygens (including phenoxy) is 1. The van der Waals surface area contributed by atoms with Gasteiger partial charge in [-0.05, 0) is 51.7 Å². The van der Waals surface area contributed by atoms with E-state index in [1.165, 1.54) is 32.8 Å². The van der Waals surface area contributed by atoms with Crippen molar-refractivity contribution in [3.05, 3.63) is 40.0 Å². The zero-order valence-corrected chi connectivity index (χ0v) is 23.6. The molecule has 1 fully saturated rings. The first kappa shape index (κ1) is 32.3. The SMILES string of the molecule is COC(=O)C(C)(C)CNC(=O)c1nc(C(=O)N2CCC[C@@H]2C)c(-c2ccc(C(O)(C(F)(F)F)C(F)(F)F)cc2C)s1. The monoisotopic (exact) mass is 609 g/mol. The van der Waals surface area contributed by atoms with Crippen LogP contribution in [0.4, 0.5) is 26.3 Å². The predicted molar refractivity (Wildman–Crippen MR) is 136 cm³/mol. The van der Waals surface area contributed by atoms with E-state index in [4.69, 9.17) is 4.74 Å². The van der Waals surface area contributed by atoms with Crippen LogP contribution in [0.3, 0.4) is 0 Å². The molecule has 2 aromatic rings. The Hall–Kier alpha value is -3.20. The third kappa shape index (κ3) is 6.05. The summed E-state index contributed by atoms with van der Waals surface area (Å²) < 4.78 is 85.4. The van der Waals surface area contributed by atoms with Gasteiger partial charge >= 0.3 is 18.3 Å². The molecule has 2 amide bonds. The van der Waals surface area contributed by atoms with Crippen LogP contribution < -0.4 is 5.32 Å². The van der Waals surface area contributed by atoms with Crippen LogP contribution in [-0.4, -0.2) is 71.4 Å². The van der Waals surface area contributed by atoms with E-state index >= 15 is 0 Å². The number of hydrogen-bond acceptors (Lipinski definition) is 7. The largest absolute Gasteiger partial charge is 0.469 e. The average Bonchev–Trinajstić information content (AvgIpc) is 3.51. The van der Waals surface area contributed by atoms with Crippen molar-refractivity contribution in [1.29, 1.82) is 0 Å². The van der Waals surface area contributed by atoms with Gasteiger partial charge in [0.05, 0.1) is 17.4 Å². The van der Waals surface area contributed by atoms with E-state index in [0.717, 1.165) is 17.4 Å². The number of aliphatic hydroxyl groups is 1. The summed E-state index contributed by atoms with van der Waals surface area (Å²) in [7, 11) is 1.19. The fraction of sp³-hybridized carbons (Fsp3) is 0.538. The topological polar surface area (TPSA) is 109 Å². The van der Waals surface area contributed by atoms with Gasteiger partial charge in [0.15, 0.2) is 5.01 Å². The Kier molecular flexibility index (Phi) is 8.85. The predicted octanol–water partition coefficient (Wildman–Crippen LogP) is 4.98. The molecule has 1 aromatic carbocycles. The maximum Gasteiger partial charge on any atom is 0.430 e. The Labute approximate surface area is 235 Å². The molecule has 0 spiro atoms. The van der Waals surface area contributed by atoms with E-state index in [9.17, 15) is 45.8 Å². The van der Waals surface area contributed by atoms with E-state index in [1.807, 2.05) is 6.92 Å². The number of aryl methyl sites for hydroxylation is 1. The number of hydrogen-bond donors (Lipinski definition) is 2. The molecule has 1 aromatic heterocycles. The van der Waals surface area contributed by atoms with Gasteiger partial charge in [-0.15, -0.1) is 11.3 Å². The number of halogens is 6. The fourth-order valence-corrected chi connectivity index (χ4v) is 5.54. The Morgan fingerprint density at radius 1 is 1.15 bits per heavy atom. The maximum atomic E-state index is 13.5. The van der Waals surface area contributed by atoms with Crippen molar-refractivity contribution in [2.45, 2.75) is 64.5 Å². The molecule has 15 heteroatoms. The lowest BCUT2D eigenvalue weighted by atomic mass is 9.89. The van der Waals surface area contributed by atoms with Gasteiger partial charge in [-0.1, -0.05) is 18.2 Å². The van der Waals surface area contributed by atoms with Gasteiger partial charge in [0.2, 0.25) is 0 Å². The smallest absolute Gasteiger partial charge is 0.430 e. The summed E-state index contributed by atoms with van der Waals surface area (Å²) in [5.41, 5.74) is -7.94. The van der Waals surface area contributed by atoms with Crippen LogP contribution in [0.15, 0.2) is 18.2 Å². The molecule has 226 valence electrons. The Morgan fingerprint density at radius 2 is 1.76 bits per heavy atom. The van der Waals surface area contributed by atoms with Gasteiger partial charge in [-0.25, -0.2) is 4.98 Å². The lowest BCUT2D eigenvalue weighted by Crippen LogP contribution is -2.53. The fourth-order valence-electron chi connectivity index (χ4n) is 4.47. The summed E-state index contributed by atoms with van der Waals surface area (Å²) in [6.45, 7) is 6.34. The molecule has 0 bridgehead atoms. The molecule has 0 unspecified atom stereocenters. The van der Waals surface area contributed by atoms with Crippen LogP contribution in [0.2, 0.25) is 0 Å². The van der Waals surface area contributed by atoms with Crippen LogP contribution >= 0.6 is 11.3 Å². The van der Waals surface area contributed by atoms with Gasteiger partial charge in [0.25, 0.3) is 17.4 Å². The van der Waals surface area contributed by atoms with Crippen molar-refractivity contribution < 1.29 is 50.6 Å². The molecule has 1 atom stereocenters. The number of nitrogens with zero attached hydrogens (tertiary/aromatic N) is 2. The van der Waals surface area contributed by atoms with E-state index < -0.39 is 46.7 Å². The zero-order chi connectivity index (χ0) is 31.1. The second-order valence-corrected chi connectivity index (χ2v) is 11.5. The molecule has 2 heterocycles. The van der Waals surface area contributed by atoms with E-state index in [0.29, 0.717) is 31.5 Å². The summed E-state index contributed by atoms with van der Waals surface area (Å²) in [5, 5.41) is 12.1. The van der Waals surface area contributed by atoms with Crippen molar-refractivity contribution >= 4 is 29.1 Å². The van der Waals surface area contributed by atoms with Crippen LogP contribution in [0.5, 0.6) is 0 Å². The lowest BCUT2D eigenvalue weighted by Gasteiger charge is -2.33. The van der Waals surface area contributed by atoms with Crippen molar-refractivity contribution in [1.82, 2.24) is 15.2 Å². The van der Waals surface area contributed by atoms with Crippen LogP contribution in [0, 0.1) is 12.3 Å². The van der Waals surface area contributed by atoms with Gasteiger partial charge in [-0.2, -0.15) is 26.3 Å². The third-order valence-electron chi connectivity index (χ3n) is 6.98. The first-order valence-electron chi connectivity index (χ1n) is 12.4. The van der Waals surface area contributed by atoms with Gasteiger partial charge in [-0.3, -0.25) is 14.4 Å². The van der Waals surface area contributed by atoms with Crippen LogP contribution in [0.25, 0.3) is 10.4 Å². The molecule has 0 radical (unpaired) electrons. The van der Waals surface area contributed by atoms with Crippen LogP contribution in [-0.2, 0) is 15.1 Å². The molecule has 3 rings (SSSR count). The molecular weight excluding hydrogens is 580 g/mol. The summed E-state index contributed by atoms with van der Waals surface area (Å²) in [6, 6.07) is 1.79. The van der Waals surface area contributed by atoms with Gasteiger partial charge < -0.3 is 20.1 Å². The number of thiazole rings is 1. The van der Waals surface area contributed by atoms with Crippen molar-refractivity contribution in [3.63, 3.8) is 0 Å². The normalized spacial score (nSPS) is 16.6. The number of rotatable bonds is 7. The molecule has 0 aliphatic carbocycles. The summed E-state index contributed by atoms with van der Waals surface area (Å²) in [6.07, 6.45) is -10.7. The van der Waals surface area contributed by atoms with E-state index in [2.05, 4.69) is 10.3 Å². The number of benzene rings is 1. The number of aromatic nitrogens is 1. The minimum absolute atomic E-state index is 0.0538. The van der Waals surface area contributed by atoms with E-state index in [1.54, 1.807) is 0 Å². The molecule has 41 heavy (non-hydrogen) atoms. The van der Waals surface area contributed by atoms with E-state index in [-0.39, 0.29) is 39.3 Å². The highest BCUT2D eigenvalue weighted by Crippen LogP contribution is 2.50. The highest BCUT2D eigenvalue weighted by atomic mass is 32.1. The second-order valence-electron chi connectivity index (χ2n) is 10.5. The van der Waals surface area contributed by atoms with Gasteiger partial charge in [0, 0.05) is 24.7 Å². The Bertz CT molecular complexity index is 1320.